The molecule has 7 heteroatoms. The summed E-state index contributed by atoms with van der Waals surface area (Å²) in [6, 6.07) is 13.6. The summed E-state index contributed by atoms with van der Waals surface area (Å²) < 4.78 is 27.1. The quantitative estimate of drug-likeness (QED) is 0.750. The molecule has 0 fully saturated rings. The zero-order chi connectivity index (χ0) is 19.0. The highest BCUT2D eigenvalue weighted by Crippen LogP contribution is 2.34. The molecule has 2 aromatic carbocycles. The van der Waals surface area contributed by atoms with E-state index >= 15 is 0 Å². The van der Waals surface area contributed by atoms with Gasteiger partial charge in [0, 0.05) is 42.6 Å². The number of rotatable bonds is 2. The molecule has 0 aliphatic carbocycles. The third-order valence-electron chi connectivity index (χ3n) is 4.71. The SMILES string of the molecule is CN1CCN(c2ccc(F)c(F)c2)c2ccc(-c3ccc(N)nn3)cc2C1. The number of nitrogens with zero attached hydrogens (tertiary/aromatic N) is 4. The Bertz CT molecular complexity index is 975. The van der Waals surface area contributed by atoms with Crippen molar-refractivity contribution in [2.24, 2.45) is 0 Å². The van der Waals surface area contributed by atoms with Gasteiger partial charge in [-0.25, -0.2) is 8.78 Å². The minimum Gasteiger partial charge on any atom is -0.382 e. The van der Waals surface area contributed by atoms with Gasteiger partial charge in [-0.2, -0.15) is 0 Å². The van der Waals surface area contributed by atoms with Crippen LogP contribution in [0.2, 0.25) is 0 Å². The second-order valence-corrected chi connectivity index (χ2v) is 6.67. The molecule has 1 aromatic heterocycles. The van der Waals surface area contributed by atoms with Crippen LogP contribution in [-0.4, -0.2) is 35.2 Å². The lowest BCUT2D eigenvalue weighted by molar-refractivity contribution is 0.343. The normalized spacial score (nSPS) is 14.7. The highest BCUT2D eigenvalue weighted by atomic mass is 19.2. The standard InChI is InChI=1S/C20H19F2N5/c1-26-8-9-27(15-3-4-16(21)17(22)11-15)19-6-2-13(10-14(19)12-26)18-5-7-20(23)25-24-18/h2-7,10-11H,8-9,12H2,1H3,(H2,23,25). The largest absolute Gasteiger partial charge is 0.382 e. The summed E-state index contributed by atoms with van der Waals surface area (Å²) in [6.07, 6.45) is 0. The molecule has 0 saturated carbocycles. The fourth-order valence-corrected chi connectivity index (χ4v) is 3.31. The molecule has 0 atom stereocenters. The van der Waals surface area contributed by atoms with Crippen LogP contribution in [0.3, 0.4) is 0 Å². The van der Waals surface area contributed by atoms with Crippen LogP contribution in [0.25, 0.3) is 11.3 Å². The van der Waals surface area contributed by atoms with Crippen LogP contribution in [0.4, 0.5) is 26.0 Å². The Kier molecular flexibility index (Phi) is 4.45. The molecule has 0 amide bonds. The molecule has 5 nitrogen and oxygen atoms in total. The van der Waals surface area contributed by atoms with Crippen molar-refractivity contribution in [3.05, 3.63) is 65.7 Å². The first kappa shape index (κ1) is 17.4. The van der Waals surface area contributed by atoms with Gasteiger partial charge in [0.15, 0.2) is 11.6 Å². The summed E-state index contributed by atoms with van der Waals surface area (Å²) >= 11 is 0. The Balaban J connectivity index is 1.77. The van der Waals surface area contributed by atoms with Gasteiger partial charge in [-0.1, -0.05) is 6.07 Å². The van der Waals surface area contributed by atoms with Crippen molar-refractivity contribution in [1.82, 2.24) is 15.1 Å². The molecule has 1 aliphatic rings. The van der Waals surface area contributed by atoms with Gasteiger partial charge in [0.25, 0.3) is 0 Å². The predicted molar refractivity (Wildman–Crippen MR) is 102 cm³/mol. The Labute approximate surface area is 156 Å². The van der Waals surface area contributed by atoms with Crippen molar-refractivity contribution in [2.45, 2.75) is 6.54 Å². The van der Waals surface area contributed by atoms with E-state index in [0.29, 0.717) is 18.1 Å². The molecule has 138 valence electrons. The maximum atomic E-state index is 13.8. The third kappa shape index (κ3) is 3.46. The number of nitrogens with two attached hydrogens (primary N) is 1. The first-order valence-electron chi connectivity index (χ1n) is 8.65. The van der Waals surface area contributed by atoms with Crippen LogP contribution >= 0.6 is 0 Å². The van der Waals surface area contributed by atoms with Crippen molar-refractivity contribution in [1.29, 1.82) is 0 Å². The number of benzene rings is 2. The van der Waals surface area contributed by atoms with Crippen molar-refractivity contribution in [3.63, 3.8) is 0 Å². The van der Waals surface area contributed by atoms with Crippen molar-refractivity contribution >= 4 is 17.2 Å². The molecule has 3 aromatic rings. The number of anilines is 3. The summed E-state index contributed by atoms with van der Waals surface area (Å²) in [6.45, 7) is 2.21. The molecule has 0 radical (unpaired) electrons. The van der Waals surface area contributed by atoms with Crippen molar-refractivity contribution < 1.29 is 8.78 Å². The van der Waals surface area contributed by atoms with E-state index in [-0.39, 0.29) is 0 Å². The molecule has 0 spiro atoms. The van der Waals surface area contributed by atoms with Crippen LogP contribution in [-0.2, 0) is 6.54 Å². The van der Waals surface area contributed by atoms with E-state index in [0.717, 1.165) is 41.7 Å². The predicted octanol–water partition coefficient (Wildman–Crippen LogP) is 3.59. The number of hydrogen-bond donors (Lipinski definition) is 1. The molecule has 2 heterocycles. The number of halogens is 2. The molecular weight excluding hydrogens is 348 g/mol. The van der Waals surface area contributed by atoms with Gasteiger partial charge in [0.1, 0.15) is 5.82 Å². The fourth-order valence-electron chi connectivity index (χ4n) is 3.31. The van der Waals surface area contributed by atoms with Crippen LogP contribution in [0, 0.1) is 11.6 Å². The summed E-state index contributed by atoms with van der Waals surface area (Å²) in [4.78, 5) is 4.21. The number of likely N-dealkylation sites (N-methyl/N-ethyl adjacent to an activating group) is 1. The van der Waals surface area contributed by atoms with E-state index < -0.39 is 11.6 Å². The molecule has 0 unspecified atom stereocenters. The van der Waals surface area contributed by atoms with Gasteiger partial charge in [0.05, 0.1) is 5.69 Å². The maximum Gasteiger partial charge on any atom is 0.160 e. The summed E-state index contributed by atoms with van der Waals surface area (Å²) in [5.74, 6) is -1.32. The molecule has 1 aliphatic heterocycles. The smallest absolute Gasteiger partial charge is 0.160 e. The van der Waals surface area contributed by atoms with Crippen LogP contribution in [0.5, 0.6) is 0 Å². The van der Waals surface area contributed by atoms with Crippen LogP contribution < -0.4 is 10.6 Å². The van der Waals surface area contributed by atoms with Gasteiger partial charge in [0.2, 0.25) is 0 Å². The lowest BCUT2D eigenvalue weighted by atomic mass is 10.0. The van der Waals surface area contributed by atoms with E-state index in [2.05, 4.69) is 21.2 Å². The molecular formula is C20H19F2N5. The van der Waals surface area contributed by atoms with E-state index in [1.807, 2.05) is 30.1 Å². The van der Waals surface area contributed by atoms with E-state index in [1.54, 1.807) is 12.1 Å². The average Bonchev–Trinajstić information content (AvgIpc) is 2.82. The zero-order valence-electron chi connectivity index (χ0n) is 14.9. The first-order valence-corrected chi connectivity index (χ1v) is 8.65. The molecule has 0 bridgehead atoms. The average molecular weight is 367 g/mol. The van der Waals surface area contributed by atoms with Crippen LogP contribution in [0.15, 0.2) is 48.5 Å². The van der Waals surface area contributed by atoms with E-state index in [1.165, 1.54) is 6.07 Å². The number of nitrogen functional groups attached to an aromatic ring is 1. The minimum atomic E-state index is -0.847. The number of aromatic nitrogens is 2. The highest BCUT2D eigenvalue weighted by Gasteiger charge is 2.21. The maximum absolute atomic E-state index is 13.8. The second-order valence-electron chi connectivity index (χ2n) is 6.67. The minimum absolute atomic E-state index is 0.373. The van der Waals surface area contributed by atoms with E-state index in [4.69, 9.17) is 5.73 Å². The van der Waals surface area contributed by atoms with Gasteiger partial charge >= 0.3 is 0 Å². The fraction of sp³-hybridized carbons (Fsp3) is 0.200. The summed E-state index contributed by atoms with van der Waals surface area (Å²) in [7, 11) is 2.04. The Morgan fingerprint density at radius 3 is 2.52 bits per heavy atom. The highest BCUT2D eigenvalue weighted by molar-refractivity contribution is 5.72. The van der Waals surface area contributed by atoms with Gasteiger partial charge in [-0.05, 0) is 49.0 Å². The lowest BCUT2D eigenvalue weighted by Gasteiger charge is -2.25. The summed E-state index contributed by atoms with van der Waals surface area (Å²) in [5, 5.41) is 8.06. The Morgan fingerprint density at radius 1 is 0.926 bits per heavy atom. The third-order valence-corrected chi connectivity index (χ3v) is 4.71. The van der Waals surface area contributed by atoms with E-state index in [9.17, 15) is 8.78 Å². The second kappa shape index (κ2) is 6.92. The first-order chi connectivity index (χ1) is 13.0. The van der Waals surface area contributed by atoms with Crippen molar-refractivity contribution in [2.75, 3.05) is 30.8 Å². The summed E-state index contributed by atoms with van der Waals surface area (Å²) in [5.41, 5.74) is 9.96. The molecule has 4 rings (SSSR count). The molecule has 0 saturated heterocycles. The number of fused-ring (bicyclic) bond motifs is 1. The Morgan fingerprint density at radius 2 is 1.78 bits per heavy atom. The molecule has 2 N–H and O–H groups in total. The van der Waals surface area contributed by atoms with Gasteiger partial charge < -0.3 is 15.5 Å². The Hall–Kier alpha value is -3.06. The topological polar surface area (TPSA) is 58.3 Å². The monoisotopic (exact) mass is 367 g/mol. The van der Waals surface area contributed by atoms with Crippen LogP contribution in [0.1, 0.15) is 5.56 Å². The van der Waals surface area contributed by atoms with Crippen molar-refractivity contribution in [3.8, 4) is 11.3 Å². The molecule has 27 heavy (non-hydrogen) atoms. The zero-order valence-corrected chi connectivity index (χ0v) is 14.9. The number of hydrogen-bond acceptors (Lipinski definition) is 5. The lowest BCUT2D eigenvalue weighted by Crippen LogP contribution is -2.26. The van der Waals surface area contributed by atoms with Gasteiger partial charge in [-0.15, -0.1) is 10.2 Å². The van der Waals surface area contributed by atoms with Gasteiger partial charge in [-0.3, -0.25) is 0 Å².